The second-order valence-electron chi connectivity index (χ2n) is 4.50. The van der Waals surface area contributed by atoms with Crippen molar-refractivity contribution in [3.63, 3.8) is 0 Å². The maximum atomic E-state index is 10.4. The van der Waals surface area contributed by atoms with Gasteiger partial charge < -0.3 is 14.9 Å². The summed E-state index contributed by atoms with van der Waals surface area (Å²) in [7, 11) is 4.16. The van der Waals surface area contributed by atoms with Crippen LogP contribution >= 0.6 is 0 Å². The van der Waals surface area contributed by atoms with Crippen LogP contribution in [0.1, 0.15) is 32.6 Å². The van der Waals surface area contributed by atoms with E-state index in [1.807, 2.05) is 0 Å². The Morgan fingerprint density at radius 2 is 1.75 bits per heavy atom. The van der Waals surface area contributed by atoms with Gasteiger partial charge in [0.25, 0.3) is 0 Å². The van der Waals surface area contributed by atoms with Crippen LogP contribution in [0.3, 0.4) is 0 Å². The fourth-order valence-electron chi connectivity index (χ4n) is 1.60. The highest BCUT2D eigenvalue weighted by molar-refractivity contribution is 5.66. The monoisotopic (exact) mass is 230 g/mol. The minimum Gasteiger partial charge on any atom is -0.481 e. The number of hydrogen-bond donors (Lipinski definition) is 1. The lowest BCUT2D eigenvalue weighted by Crippen LogP contribution is -2.33. The van der Waals surface area contributed by atoms with Crippen LogP contribution in [0.5, 0.6) is 0 Å². The third-order valence-electron chi connectivity index (χ3n) is 2.52. The summed E-state index contributed by atoms with van der Waals surface area (Å²) < 4.78 is 0. The van der Waals surface area contributed by atoms with Gasteiger partial charge >= 0.3 is 5.97 Å². The molecule has 0 saturated carbocycles. The molecule has 0 amide bonds. The zero-order valence-corrected chi connectivity index (χ0v) is 10.9. The van der Waals surface area contributed by atoms with Crippen LogP contribution in [0, 0.1) is 0 Å². The third-order valence-corrected chi connectivity index (χ3v) is 2.52. The number of hydrogen-bond acceptors (Lipinski definition) is 3. The van der Waals surface area contributed by atoms with Crippen molar-refractivity contribution in [1.29, 1.82) is 0 Å². The van der Waals surface area contributed by atoms with E-state index in [-0.39, 0.29) is 0 Å². The molecule has 96 valence electrons. The van der Waals surface area contributed by atoms with Crippen LogP contribution in [-0.2, 0) is 4.79 Å². The number of aliphatic carboxylic acids is 1. The summed E-state index contributed by atoms with van der Waals surface area (Å²) in [6.45, 7) is 6.46. The van der Waals surface area contributed by atoms with Gasteiger partial charge in [0, 0.05) is 19.5 Å². The SMILES string of the molecule is CCCN(CCCCC(=O)O)CCN(C)C. The molecule has 0 aromatic rings. The van der Waals surface area contributed by atoms with E-state index in [0.717, 1.165) is 45.4 Å². The summed E-state index contributed by atoms with van der Waals surface area (Å²) in [6.07, 6.45) is 3.23. The zero-order chi connectivity index (χ0) is 12.4. The molecule has 0 aromatic carbocycles. The number of likely N-dealkylation sites (N-methyl/N-ethyl adjacent to an activating group) is 1. The lowest BCUT2D eigenvalue weighted by atomic mass is 10.2. The van der Waals surface area contributed by atoms with E-state index in [0.29, 0.717) is 6.42 Å². The Balaban J connectivity index is 3.62. The Bertz CT molecular complexity index is 184. The molecule has 0 aliphatic carbocycles. The molecule has 0 aliphatic heterocycles. The molecule has 1 N–H and O–H groups in total. The first-order valence-electron chi connectivity index (χ1n) is 6.15. The minimum absolute atomic E-state index is 0.299. The van der Waals surface area contributed by atoms with Gasteiger partial charge in [-0.05, 0) is 46.4 Å². The summed E-state index contributed by atoms with van der Waals surface area (Å²) >= 11 is 0. The Morgan fingerprint density at radius 3 is 2.25 bits per heavy atom. The van der Waals surface area contributed by atoms with E-state index in [1.54, 1.807) is 0 Å². The lowest BCUT2D eigenvalue weighted by molar-refractivity contribution is -0.137. The van der Waals surface area contributed by atoms with Gasteiger partial charge in [0.1, 0.15) is 0 Å². The van der Waals surface area contributed by atoms with Gasteiger partial charge in [-0.15, -0.1) is 0 Å². The molecule has 0 bridgehead atoms. The van der Waals surface area contributed by atoms with Crippen molar-refractivity contribution in [2.24, 2.45) is 0 Å². The van der Waals surface area contributed by atoms with Gasteiger partial charge in [0.2, 0.25) is 0 Å². The van der Waals surface area contributed by atoms with Crippen molar-refractivity contribution in [1.82, 2.24) is 9.80 Å². The molecule has 16 heavy (non-hydrogen) atoms. The summed E-state index contributed by atoms with van der Waals surface area (Å²) in [5.41, 5.74) is 0. The Hall–Kier alpha value is -0.610. The van der Waals surface area contributed by atoms with Crippen LogP contribution in [0.2, 0.25) is 0 Å². The topological polar surface area (TPSA) is 43.8 Å². The fraction of sp³-hybridized carbons (Fsp3) is 0.917. The highest BCUT2D eigenvalue weighted by atomic mass is 16.4. The zero-order valence-electron chi connectivity index (χ0n) is 10.9. The first-order chi connectivity index (χ1) is 7.56. The van der Waals surface area contributed by atoms with Crippen LogP contribution in [0.4, 0.5) is 0 Å². The van der Waals surface area contributed by atoms with Gasteiger partial charge in [0.15, 0.2) is 0 Å². The average Bonchev–Trinajstić information content (AvgIpc) is 2.20. The molecule has 4 heteroatoms. The Labute approximate surface area is 99.2 Å². The largest absolute Gasteiger partial charge is 0.481 e. The summed E-state index contributed by atoms with van der Waals surface area (Å²) in [6, 6.07) is 0. The van der Waals surface area contributed by atoms with Crippen molar-refractivity contribution in [2.45, 2.75) is 32.6 Å². The van der Waals surface area contributed by atoms with E-state index in [4.69, 9.17) is 5.11 Å². The van der Waals surface area contributed by atoms with Gasteiger partial charge in [0.05, 0.1) is 0 Å². The van der Waals surface area contributed by atoms with E-state index in [9.17, 15) is 4.79 Å². The van der Waals surface area contributed by atoms with Crippen molar-refractivity contribution in [3.05, 3.63) is 0 Å². The molecule has 0 atom stereocenters. The summed E-state index contributed by atoms with van der Waals surface area (Å²) in [5.74, 6) is -0.685. The third kappa shape index (κ3) is 9.93. The Morgan fingerprint density at radius 1 is 1.06 bits per heavy atom. The molecular formula is C12H26N2O2. The minimum atomic E-state index is -0.685. The molecular weight excluding hydrogens is 204 g/mol. The van der Waals surface area contributed by atoms with E-state index in [2.05, 4.69) is 30.8 Å². The number of carboxylic acid groups (broad SMARTS) is 1. The van der Waals surface area contributed by atoms with Crippen LogP contribution < -0.4 is 0 Å². The second kappa shape index (κ2) is 9.60. The molecule has 4 nitrogen and oxygen atoms in total. The molecule has 0 aliphatic rings. The van der Waals surface area contributed by atoms with Gasteiger partial charge in [-0.2, -0.15) is 0 Å². The average molecular weight is 230 g/mol. The highest BCUT2D eigenvalue weighted by Crippen LogP contribution is 2.00. The van der Waals surface area contributed by atoms with Crippen LogP contribution in [0.15, 0.2) is 0 Å². The quantitative estimate of drug-likeness (QED) is 0.578. The smallest absolute Gasteiger partial charge is 0.303 e. The molecule has 0 saturated heterocycles. The van der Waals surface area contributed by atoms with E-state index < -0.39 is 5.97 Å². The summed E-state index contributed by atoms with van der Waals surface area (Å²) in [4.78, 5) is 15.0. The first kappa shape index (κ1) is 15.4. The van der Waals surface area contributed by atoms with E-state index >= 15 is 0 Å². The van der Waals surface area contributed by atoms with Crippen molar-refractivity contribution >= 4 is 5.97 Å². The molecule has 0 rings (SSSR count). The van der Waals surface area contributed by atoms with Crippen LogP contribution in [-0.4, -0.2) is 61.2 Å². The van der Waals surface area contributed by atoms with E-state index in [1.165, 1.54) is 0 Å². The summed E-state index contributed by atoms with van der Waals surface area (Å²) in [5, 5.41) is 8.54. The second-order valence-corrected chi connectivity index (χ2v) is 4.50. The molecule has 0 spiro atoms. The molecule has 0 heterocycles. The fourth-order valence-corrected chi connectivity index (χ4v) is 1.60. The predicted molar refractivity (Wildman–Crippen MR) is 66.8 cm³/mol. The molecule has 0 radical (unpaired) electrons. The lowest BCUT2D eigenvalue weighted by Gasteiger charge is -2.23. The normalized spacial score (nSPS) is 11.3. The predicted octanol–water partition coefficient (Wildman–Crippen LogP) is 1.51. The number of nitrogens with zero attached hydrogens (tertiary/aromatic N) is 2. The maximum absolute atomic E-state index is 10.4. The number of carbonyl (C=O) groups is 1. The Kier molecular flexibility index (Phi) is 9.24. The van der Waals surface area contributed by atoms with Gasteiger partial charge in [-0.25, -0.2) is 0 Å². The van der Waals surface area contributed by atoms with Crippen molar-refractivity contribution < 1.29 is 9.90 Å². The standard InChI is InChI=1S/C12H26N2O2/c1-4-8-14(11-10-13(2)3)9-6-5-7-12(15)16/h4-11H2,1-3H3,(H,15,16). The van der Waals surface area contributed by atoms with Crippen molar-refractivity contribution in [3.8, 4) is 0 Å². The molecule has 0 unspecified atom stereocenters. The number of carboxylic acids is 1. The molecule has 0 fully saturated rings. The van der Waals surface area contributed by atoms with Gasteiger partial charge in [-0.1, -0.05) is 6.92 Å². The number of unbranched alkanes of at least 4 members (excludes halogenated alkanes) is 1. The highest BCUT2D eigenvalue weighted by Gasteiger charge is 2.04. The molecule has 0 aromatic heterocycles. The van der Waals surface area contributed by atoms with Crippen molar-refractivity contribution in [2.75, 3.05) is 40.3 Å². The maximum Gasteiger partial charge on any atom is 0.303 e. The first-order valence-corrected chi connectivity index (χ1v) is 6.15. The van der Waals surface area contributed by atoms with Gasteiger partial charge in [-0.3, -0.25) is 4.79 Å². The number of rotatable bonds is 10. The van der Waals surface area contributed by atoms with Crippen LogP contribution in [0.25, 0.3) is 0 Å².